The topological polar surface area (TPSA) is 110 Å². The zero-order chi connectivity index (χ0) is 30.4. The first kappa shape index (κ1) is 29.3. The number of carboxylic acids is 1. The summed E-state index contributed by atoms with van der Waals surface area (Å²) in [5, 5.41) is 11.3. The normalized spacial score (nSPS) is 11.2. The number of carbonyl (C=O) groups excluding carboxylic acids is 1. The minimum absolute atomic E-state index is 0.0317. The fraction of sp³-hybridized carbons (Fsp3) is 0.118. The Hall–Kier alpha value is -5.15. The summed E-state index contributed by atoms with van der Waals surface area (Å²) in [5.74, 6) is -0.438. The number of benzene rings is 5. The van der Waals surface area contributed by atoms with Crippen LogP contribution >= 0.6 is 0 Å². The number of rotatable bonds is 10. The number of methoxy groups -OCH3 is 1. The number of carboxylic acid groups (broad SMARTS) is 1. The van der Waals surface area contributed by atoms with E-state index in [9.17, 15) is 23.1 Å². The zero-order valence-corrected chi connectivity index (χ0v) is 24.2. The average Bonchev–Trinajstić information content (AvgIpc) is 3.04. The zero-order valence-electron chi connectivity index (χ0n) is 23.3. The van der Waals surface area contributed by atoms with Crippen molar-refractivity contribution < 1.29 is 32.6 Å². The third-order valence-corrected chi connectivity index (χ3v) is 8.87. The molecule has 0 fully saturated rings. The van der Waals surface area contributed by atoms with Gasteiger partial charge in [-0.05, 0) is 63.7 Å². The summed E-state index contributed by atoms with van der Waals surface area (Å²) >= 11 is 0. The quantitative estimate of drug-likeness (QED) is 0.189. The minimum atomic E-state index is -4.37. The van der Waals surface area contributed by atoms with Crippen LogP contribution in [-0.2, 0) is 27.8 Å². The molecule has 43 heavy (non-hydrogen) atoms. The van der Waals surface area contributed by atoms with Crippen molar-refractivity contribution in [2.24, 2.45) is 0 Å². The molecule has 5 aromatic rings. The van der Waals surface area contributed by atoms with Crippen molar-refractivity contribution in [1.82, 2.24) is 4.31 Å². The van der Waals surface area contributed by atoms with Gasteiger partial charge in [0.15, 0.2) is 0 Å². The highest BCUT2D eigenvalue weighted by atomic mass is 32.2. The Kier molecular flexibility index (Phi) is 8.73. The first-order valence-corrected chi connectivity index (χ1v) is 14.9. The second kappa shape index (κ2) is 12.8. The first-order valence-electron chi connectivity index (χ1n) is 13.5. The standard InChI is InChI=1S/C34H29NO7S/c1-41-29-17-13-25(14-18-29)26-15-19-30(20-16-26)43(39,40)35(34(38)42-23-24-7-3-2-4-8-24)22-21-28-12-11-27-9-5-6-10-31(27)32(28)33(36)37/h2-20H,21-23H2,1H3,(H,36,37). The number of fused-ring (bicyclic) bond motifs is 1. The largest absolute Gasteiger partial charge is 0.497 e. The van der Waals surface area contributed by atoms with Crippen molar-refractivity contribution >= 4 is 32.9 Å². The number of carbonyl (C=O) groups is 2. The van der Waals surface area contributed by atoms with E-state index < -0.39 is 22.1 Å². The number of sulfonamides is 1. The van der Waals surface area contributed by atoms with Crippen molar-refractivity contribution in [3.63, 3.8) is 0 Å². The van der Waals surface area contributed by atoms with E-state index in [0.717, 1.165) is 16.5 Å². The Bertz CT molecular complexity index is 1850. The SMILES string of the molecule is COc1ccc(-c2ccc(S(=O)(=O)N(CCc3ccc4ccccc4c3C(=O)O)C(=O)OCc3ccccc3)cc2)cc1. The van der Waals surface area contributed by atoms with E-state index >= 15 is 0 Å². The minimum Gasteiger partial charge on any atom is -0.497 e. The second-order valence-electron chi connectivity index (χ2n) is 9.75. The van der Waals surface area contributed by atoms with Crippen molar-refractivity contribution in [2.75, 3.05) is 13.7 Å². The van der Waals surface area contributed by atoms with Gasteiger partial charge in [-0.2, -0.15) is 0 Å². The van der Waals surface area contributed by atoms with Crippen LogP contribution in [0, 0.1) is 0 Å². The molecule has 5 aromatic carbocycles. The highest BCUT2D eigenvalue weighted by molar-refractivity contribution is 7.89. The number of amides is 1. The van der Waals surface area contributed by atoms with Gasteiger partial charge in [0.05, 0.1) is 17.6 Å². The van der Waals surface area contributed by atoms with Crippen LogP contribution in [0.2, 0.25) is 0 Å². The Morgan fingerprint density at radius 1 is 0.767 bits per heavy atom. The van der Waals surface area contributed by atoms with Gasteiger partial charge in [0.25, 0.3) is 10.0 Å². The van der Waals surface area contributed by atoms with Crippen molar-refractivity contribution in [3.8, 4) is 16.9 Å². The Morgan fingerprint density at radius 3 is 2.05 bits per heavy atom. The van der Waals surface area contributed by atoms with Gasteiger partial charge in [0, 0.05) is 6.54 Å². The summed E-state index contributed by atoms with van der Waals surface area (Å²) in [6.45, 7) is -0.451. The van der Waals surface area contributed by atoms with Gasteiger partial charge in [-0.25, -0.2) is 22.3 Å². The molecule has 218 valence electrons. The molecule has 1 N–H and O–H groups in total. The van der Waals surface area contributed by atoms with Crippen molar-refractivity contribution in [3.05, 3.63) is 132 Å². The molecule has 1 amide bonds. The van der Waals surface area contributed by atoms with Gasteiger partial charge < -0.3 is 14.6 Å². The van der Waals surface area contributed by atoms with E-state index in [1.54, 1.807) is 73.8 Å². The number of aromatic carboxylic acids is 1. The molecule has 5 rings (SSSR count). The molecule has 0 aliphatic heterocycles. The molecule has 0 unspecified atom stereocenters. The molecule has 0 saturated carbocycles. The van der Waals surface area contributed by atoms with Gasteiger partial charge in [0.1, 0.15) is 12.4 Å². The monoisotopic (exact) mass is 595 g/mol. The first-order chi connectivity index (χ1) is 20.8. The van der Waals surface area contributed by atoms with Crippen LogP contribution in [0.3, 0.4) is 0 Å². The van der Waals surface area contributed by atoms with E-state index in [1.165, 1.54) is 12.1 Å². The molecule has 0 bridgehead atoms. The maximum atomic E-state index is 13.9. The van der Waals surface area contributed by atoms with Gasteiger partial charge in [-0.15, -0.1) is 0 Å². The highest BCUT2D eigenvalue weighted by Crippen LogP contribution is 2.27. The molecule has 0 radical (unpaired) electrons. The predicted molar refractivity (Wildman–Crippen MR) is 164 cm³/mol. The number of nitrogens with zero attached hydrogens (tertiary/aromatic N) is 1. The van der Waals surface area contributed by atoms with Gasteiger partial charge in [0.2, 0.25) is 0 Å². The van der Waals surface area contributed by atoms with E-state index in [4.69, 9.17) is 9.47 Å². The molecule has 0 aliphatic rings. The molecule has 0 aromatic heterocycles. The lowest BCUT2D eigenvalue weighted by atomic mass is 9.97. The highest BCUT2D eigenvalue weighted by Gasteiger charge is 2.31. The molecule has 0 saturated heterocycles. The average molecular weight is 596 g/mol. The van der Waals surface area contributed by atoms with Crippen LogP contribution < -0.4 is 4.74 Å². The molecule has 0 aliphatic carbocycles. The fourth-order valence-corrected chi connectivity index (χ4v) is 6.15. The lowest BCUT2D eigenvalue weighted by Gasteiger charge is -2.23. The van der Waals surface area contributed by atoms with E-state index in [0.29, 0.717) is 26.6 Å². The predicted octanol–water partition coefficient (Wildman–Crippen LogP) is 6.78. The van der Waals surface area contributed by atoms with Crippen LogP contribution in [0.25, 0.3) is 21.9 Å². The number of hydrogen-bond donors (Lipinski definition) is 1. The lowest BCUT2D eigenvalue weighted by Crippen LogP contribution is -2.39. The maximum Gasteiger partial charge on any atom is 0.424 e. The van der Waals surface area contributed by atoms with Gasteiger partial charge in [-0.3, -0.25) is 0 Å². The third-order valence-electron chi connectivity index (χ3n) is 7.09. The summed E-state index contributed by atoms with van der Waals surface area (Å²) in [6.07, 6.45) is -1.09. The summed E-state index contributed by atoms with van der Waals surface area (Å²) in [5.41, 5.74) is 2.80. The molecular formula is C34H29NO7S. The number of ether oxygens (including phenoxy) is 2. The molecule has 9 heteroatoms. The second-order valence-corrected chi connectivity index (χ2v) is 11.6. The smallest absolute Gasteiger partial charge is 0.424 e. The summed E-state index contributed by atoms with van der Waals surface area (Å²) in [6, 6.07) is 32.9. The van der Waals surface area contributed by atoms with Gasteiger partial charge >= 0.3 is 12.1 Å². The Balaban J connectivity index is 1.45. The van der Waals surface area contributed by atoms with Crippen LogP contribution in [-0.4, -0.2) is 43.5 Å². The summed E-state index contributed by atoms with van der Waals surface area (Å²) < 4.78 is 39.0. The van der Waals surface area contributed by atoms with Crippen LogP contribution in [0.1, 0.15) is 21.5 Å². The molecular weight excluding hydrogens is 566 g/mol. The third kappa shape index (κ3) is 6.52. The van der Waals surface area contributed by atoms with Crippen LogP contribution in [0.5, 0.6) is 5.75 Å². The Morgan fingerprint density at radius 2 is 1.40 bits per heavy atom. The van der Waals surface area contributed by atoms with E-state index in [2.05, 4.69) is 0 Å². The van der Waals surface area contributed by atoms with Crippen molar-refractivity contribution in [1.29, 1.82) is 0 Å². The van der Waals surface area contributed by atoms with Crippen LogP contribution in [0.15, 0.2) is 120 Å². The molecule has 8 nitrogen and oxygen atoms in total. The Labute approximate surface area is 249 Å². The van der Waals surface area contributed by atoms with Crippen LogP contribution in [0.4, 0.5) is 4.79 Å². The van der Waals surface area contributed by atoms with E-state index in [1.807, 2.05) is 36.4 Å². The molecule has 0 atom stereocenters. The fourth-order valence-electron chi connectivity index (χ4n) is 4.83. The van der Waals surface area contributed by atoms with E-state index in [-0.39, 0.29) is 30.0 Å². The summed E-state index contributed by atoms with van der Waals surface area (Å²) in [7, 11) is -2.79. The molecule has 0 spiro atoms. The molecule has 0 heterocycles. The lowest BCUT2D eigenvalue weighted by molar-refractivity contribution is 0.0698. The maximum absolute atomic E-state index is 13.9. The van der Waals surface area contributed by atoms with Gasteiger partial charge in [-0.1, -0.05) is 91.0 Å². The van der Waals surface area contributed by atoms with Crippen molar-refractivity contribution in [2.45, 2.75) is 17.9 Å². The number of hydrogen-bond acceptors (Lipinski definition) is 6. The summed E-state index contributed by atoms with van der Waals surface area (Å²) in [4.78, 5) is 25.5.